The topological polar surface area (TPSA) is 80.1 Å². The van der Waals surface area contributed by atoms with Gasteiger partial charge in [-0.1, -0.05) is 0 Å². The highest BCUT2D eigenvalue weighted by atomic mass is 16.5. The Labute approximate surface area is 120 Å². The summed E-state index contributed by atoms with van der Waals surface area (Å²) in [6, 6.07) is 5.55. The molecule has 2 aromatic heterocycles. The summed E-state index contributed by atoms with van der Waals surface area (Å²) in [6.45, 7) is 0.951. The second kappa shape index (κ2) is 4.60. The Kier molecular flexibility index (Phi) is 2.71. The second-order valence-electron chi connectivity index (χ2n) is 5.24. The monoisotopic (exact) mass is 285 g/mol. The maximum absolute atomic E-state index is 12.2. The molecule has 0 bridgehead atoms. The molecule has 108 valence electrons. The number of aromatic amines is 1. The Hall–Kier alpha value is -2.34. The van der Waals surface area contributed by atoms with Gasteiger partial charge in [0.15, 0.2) is 0 Å². The van der Waals surface area contributed by atoms with E-state index in [1.165, 1.54) is 0 Å². The number of ether oxygens (including phenoxy) is 1. The van der Waals surface area contributed by atoms with Crippen LogP contribution in [0.15, 0.2) is 27.4 Å². The van der Waals surface area contributed by atoms with E-state index in [2.05, 4.69) is 15.3 Å². The zero-order valence-electron chi connectivity index (χ0n) is 11.6. The van der Waals surface area contributed by atoms with Crippen LogP contribution in [0, 0.1) is 0 Å². The lowest BCUT2D eigenvalue weighted by atomic mass is 10.2. The van der Waals surface area contributed by atoms with Crippen molar-refractivity contribution in [2.75, 3.05) is 13.7 Å². The first-order chi connectivity index (χ1) is 10.3. The van der Waals surface area contributed by atoms with Crippen molar-refractivity contribution in [3.8, 4) is 5.75 Å². The largest absolute Gasteiger partial charge is 0.497 e. The molecule has 3 aromatic rings. The van der Waals surface area contributed by atoms with Crippen molar-refractivity contribution in [1.82, 2.24) is 15.3 Å². The normalized spacial score (nSPS) is 18.6. The molecule has 21 heavy (non-hydrogen) atoms. The highest BCUT2D eigenvalue weighted by Crippen LogP contribution is 2.29. The number of hydrogen-bond acceptors (Lipinski definition) is 5. The molecule has 1 aromatic carbocycles. The predicted molar refractivity (Wildman–Crippen MR) is 78.7 cm³/mol. The van der Waals surface area contributed by atoms with Crippen LogP contribution in [0.5, 0.6) is 5.75 Å². The molecule has 1 unspecified atom stereocenters. The third kappa shape index (κ3) is 1.91. The molecule has 0 amide bonds. The van der Waals surface area contributed by atoms with Gasteiger partial charge in [-0.15, -0.1) is 0 Å². The van der Waals surface area contributed by atoms with Crippen LogP contribution in [0.3, 0.4) is 0 Å². The van der Waals surface area contributed by atoms with Crippen molar-refractivity contribution in [2.45, 2.75) is 18.9 Å². The second-order valence-corrected chi connectivity index (χ2v) is 5.24. The minimum atomic E-state index is -0.237. The average molecular weight is 285 g/mol. The summed E-state index contributed by atoms with van der Waals surface area (Å²) in [7, 11) is 1.61. The minimum absolute atomic E-state index is 0.109. The maximum atomic E-state index is 12.2. The average Bonchev–Trinajstić information content (AvgIpc) is 3.14. The van der Waals surface area contributed by atoms with E-state index < -0.39 is 0 Å². The highest BCUT2D eigenvalue weighted by molar-refractivity contribution is 6.02. The van der Waals surface area contributed by atoms with Crippen molar-refractivity contribution < 1.29 is 9.15 Å². The first kappa shape index (κ1) is 12.4. The molecule has 4 rings (SSSR count). The Morgan fingerprint density at radius 3 is 3.10 bits per heavy atom. The Morgan fingerprint density at radius 2 is 2.33 bits per heavy atom. The molecule has 0 radical (unpaired) electrons. The molecule has 1 aliphatic rings. The van der Waals surface area contributed by atoms with Gasteiger partial charge in [0.05, 0.1) is 18.5 Å². The van der Waals surface area contributed by atoms with Crippen LogP contribution < -0.4 is 15.6 Å². The number of aromatic nitrogens is 2. The van der Waals surface area contributed by atoms with Crippen LogP contribution in [-0.4, -0.2) is 23.6 Å². The zero-order valence-corrected chi connectivity index (χ0v) is 11.6. The van der Waals surface area contributed by atoms with Gasteiger partial charge in [0.1, 0.15) is 22.7 Å². The van der Waals surface area contributed by atoms with Crippen LogP contribution in [0.25, 0.3) is 22.1 Å². The SMILES string of the molecule is COc1ccc2oc3c(=O)[nH]c(C4CCCN4)nc3c2c1. The lowest BCUT2D eigenvalue weighted by Crippen LogP contribution is -2.20. The molecule has 0 saturated carbocycles. The van der Waals surface area contributed by atoms with Gasteiger partial charge in [0, 0.05) is 0 Å². The smallest absolute Gasteiger partial charge is 0.294 e. The third-order valence-electron chi connectivity index (χ3n) is 3.94. The summed E-state index contributed by atoms with van der Waals surface area (Å²) in [5.41, 5.74) is 1.26. The van der Waals surface area contributed by atoms with Crippen molar-refractivity contribution in [2.24, 2.45) is 0 Å². The van der Waals surface area contributed by atoms with E-state index in [0.29, 0.717) is 22.7 Å². The first-order valence-corrected chi connectivity index (χ1v) is 7.00. The lowest BCUT2D eigenvalue weighted by molar-refractivity contribution is 0.415. The van der Waals surface area contributed by atoms with Crippen LogP contribution in [0.2, 0.25) is 0 Å². The Bertz CT molecular complexity index is 875. The van der Waals surface area contributed by atoms with Gasteiger partial charge in [-0.3, -0.25) is 4.79 Å². The number of hydrogen-bond donors (Lipinski definition) is 2. The standard InChI is InChI=1S/C15H15N3O3/c1-20-8-4-5-11-9(7-8)12-13(21-11)15(19)18-14(17-12)10-3-2-6-16-10/h4-5,7,10,16H,2-3,6H2,1H3,(H,17,18,19). The van der Waals surface area contributed by atoms with E-state index in [1.54, 1.807) is 19.2 Å². The van der Waals surface area contributed by atoms with E-state index in [1.807, 2.05) is 6.07 Å². The number of benzene rings is 1. The van der Waals surface area contributed by atoms with Crippen molar-refractivity contribution >= 4 is 22.1 Å². The van der Waals surface area contributed by atoms with Crippen LogP contribution in [0.4, 0.5) is 0 Å². The Balaban J connectivity index is 2.00. The van der Waals surface area contributed by atoms with Crippen molar-refractivity contribution in [1.29, 1.82) is 0 Å². The number of nitrogens with zero attached hydrogens (tertiary/aromatic N) is 1. The predicted octanol–water partition coefficient (Wildman–Crippen LogP) is 2.10. The summed E-state index contributed by atoms with van der Waals surface area (Å²) >= 11 is 0. The fourth-order valence-corrected chi connectivity index (χ4v) is 2.86. The quantitative estimate of drug-likeness (QED) is 0.753. The summed E-state index contributed by atoms with van der Waals surface area (Å²) in [4.78, 5) is 19.7. The lowest BCUT2D eigenvalue weighted by Gasteiger charge is -2.08. The first-order valence-electron chi connectivity index (χ1n) is 7.00. The molecule has 0 spiro atoms. The summed E-state index contributed by atoms with van der Waals surface area (Å²) in [6.07, 6.45) is 2.07. The summed E-state index contributed by atoms with van der Waals surface area (Å²) in [5.74, 6) is 1.39. The molecule has 1 atom stereocenters. The molecule has 1 aliphatic heterocycles. The number of fused-ring (bicyclic) bond motifs is 3. The summed E-state index contributed by atoms with van der Waals surface area (Å²) in [5, 5.41) is 4.14. The van der Waals surface area contributed by atoms with Gasteiger partial charge in [-0.25, -0.2) is 4.98 Å². The minimum Gasteiger partial charge on any atom is -0.497 e. The highest BCUT2D eigenvalue weighted by Gasteiger charge is 2.21. The molecule has 1 fully saturated rings. The number of H-pyrrole nitrogens is 1. The maximum Gasteiger partial charge on any atom is 0.294 e. The van der Waals surface area contributed by atoms with E-state index in [-0.39, 0.29) is 17.2 Å². The molecule has 0 aliphatic carbocycles. The molecule has 6 heteroatoms. The van der Waals surface area contributed by atoms with Crippen LogP contribution >= 0.6 is 0 Å². The van der Waals surface area contributed by atoms with E-state index in [4.69, 9.17) is 9.15 Å². The fourth-order valence-electron chi connectivity index (χ4n) is 2.86. The zero-order chi connectivity index (χ0) is 14.4. The van der Waals surface area contributed by atoms with Crippen LogP contribution in [-0.2, 0) is 0 Å². The van der Waals surface area contributed by atoms with E-state index >= 15 is 0 Å². The molecular formula is C15H15N3O3. The molecule has 1 saturated heterocycles. The van der Waals surface area contributed by atoms with Crippen molar-refractivity contribution in [3.05, 3.63) is 34.4 Å². The molecular weight excluding hydrogens is 270 g/mol. The van der Waals surface area contributed by atoms with E-state index in [0.717, 1.165) is 24.8 Å². The molecule has 2 N–H and O–H groups in total. The van der Waals surface area contributed by atoms with Gasteiger partial charge in [0.25, 0.3) is 5.56 Å². The number of furan rings is 1. The van der Waals surface area contributed by atoms with Crippen LogP contribution in [0.1, 0.15) is 24.7 Å². The van der Waals surface area contributed by atoms with Gasteiger partial charge in [-0.2, -0.15) is 0 Å². The van der Waals surface area contributed by atoms with Gasteiger partial charge >= 0.3 is 0 Å². The van der Waals surface area contributed by atoms with E-state index in [9.17, 15) is 4.79 Å². The Morgan fingerprint density at radius 1 is 1.43 bits per heavy atom. The summed E-state index contributed by atoms with van der Waals surface area (Å²) < 4.78 is 10.9. The molecule has 6 nitrogen and oxygen atoms in total. The van der Waals surface area contributed by atoms with Gasteiger partial charge < -0.3 is 19.5 Å². The van der Waals surface area contributed by atoms with Gasteiger partial charge in [0.2, 0.25) is 5.58 Å². The number of nitrogens with one attached hydrogen (secondary N) is 2. The number of rotatable bonds is 2. The molecule has 3 heterocycles. The van der Waals surface area contributed by atoms with Gasteiger partial charge in [-0.05, 0) is 37.6 Å². The number of methoxy groups -OCH3 is 1. The van der Waals surface area contributed by atoms with Crippen molar-refractivity contribution in [3.63, 3.8) is 0 Å². The third-order valence-corrected chi connectivity index (χ3v) is 3.94. The fraction of sp³-hybridized carbons (Fsp3) is 0.333.